The van der Waals surface area contributed by atoms with E-state index in [4.69, 9.17) is 26.7 Å². The molecule has 0 fully saturated rings. The van der Waals surface area contributed by atoms with Gasteiger partial charge in [0.1, 0.15) is 17.7 Å². The Bertz CT molecular complexity index is 2910. The van der Waals surface area contributed by atoms with Gasteiger partial charge in [-0.25, -0.2) is 19.0 Å². The number of esters is 2. The minimum atomic E-state index is -0.770. The van der Waals surface area contributed by atoms with Gasteiger partial charge in [-0.3, -0.25) is 9.48 Å². The summed E-state index contributed by atoms with van der Waals surface area (Å²) in [6, 6.07) is 0. The molecule has 7 aromatic heterocycles. The van der Waals surface area contributed by atoms with Gasteiger partial charge in [0.05, 0.1) is 49.3 Å². The van der Waals surface area contributed by atoms with Gasteiger partial charge in [-0.05, 0) is 20.8 Å². The van der Waals surface area contributed by atoms with Crippen LogP contribution in [0.5, 0.6) is 0 Å². The lowest BCUT2D eigenvalue weighted by Gasteiger charge is -2.09. The minimum Gasteiger partial charge on any atom is -0.465 e. The topological polar surface area (TPSA) is 388 Å². The number of aromatic nitrogens is 15. The molecule has 0 saturated heterocycles. The number of hydrogen-bond acceptors (Lipinski definition) is 24. The number of aliphatic hydroxyl groups excluding tert-OH is 1. The second kappa shape index (κ2) is 16.6. The molecular formula is C33H36N24O6. The highest BCUT2D eigenvalue weighted by Gasteiger charge is 2.26. The number of carbonyl (C=O) groups excluding carboxylic acids is 3. The first-order chi connectivity index (χ1) is 30.1. The van der Waals surface area contributed by atoms with Gasteiger partial charge in [0.2, 0.25) is 5.82 Å². The van der Waals surface area contributed by atoms with E-state index >= 15 is 0 Å². The first kappa shape index (κ1) is 42.2. The second-order valence-corrected chi connectivity index (χ2v) is 13.1. The van der Waals surface area contributed by atoms with E-state index in [0.29, 0.717) is 0 Å². The predicted octanol–water partition coefficient (Wildman–Crippen LogP) is 2.30. The van der Waals surface area contributed by atoms with E-state index in [2.05, 4.69) is 76.2 Å². The van der Waals surface area contributed by atoms with Crippen molar-refractivity contribution in [2.75, 3.05) is 38.0 Å². The number of nitrogen functional groups attached to an aromatic ring is 3. The van der Waals surface area contributed by atoms with Gasteiger partial charge in [0, 0.05) is 27.3 Å². The van der Waals surface area contributed by atoms with E-state index < -0.39 is 24.3 Å². The summed E-state index contributed by atoms with van der Waals surface area (Å²) >= 11 is 0. The van der Waals surface area contributed by atoms with Crippen LogP contribution in [-0.4, -0.2) is 117 Å². The predicted molar refractivity (Wildman–Crippen MR) is 215 cm³/mol. The van der Waals surface area contributed by atoms with E-state index in [1.807, 2.05) is 0 Å². The van der Waals surface area contributed by atoms with E-state index in [9.17, 15) is 19.5 Å². The molecule has 0 amide bonds. The number of aryl methyl sites for hydroxylation is 6. The fraction of sp³-hybridized carbons (Fsp3) is 0.273. The average Bonchev–Trinajstić information content (AvgIpc) is 4.11. The number of nitrogens with two attached hydrogens (primary N) is 3. The van der Waals surface area contributed by atoms with Gasteiger partial charge in [-0.15, -0.1) is 30.7 Å². The van der Waals surface area contributed by atoms with Crippen LogP contribution in [0, 0.1) is 20.8 Å². The summed E-state index contributed by atoms with van der Waals surface area (Å²) < 4.78 is 17.1. The third-order valence-electron chi connectivity index (χ3n) is 8.97. The molecule has 0 saturated carbocycles. The molecule has 7 N–H and O–H groups in total. The normalized spacial score (nSPS) is 11.8. The van der Waals surface area contributed by atoms with Crippen molar-refractivity contribution in [1.29, 1.82) is 0 Å². The van der Waals surface area contributed by atoms with Gasteiger partial charge in [-0.1, -0.05) is 0 Å². The molecule has 0 atom stereocenters. The molecule has 0 spiro atoms. The zero-order valence-corrected chi connectivity index (χ0v) is 34.6. The lowest BCUT2D eigenvalue weighted by Crippen LogP contribution is -2.17. The van der Waals surface area contributed by atoms with Crippen molar-refractivity contribution < 1.29 is 29.0 Å². The molecule has 63 heavy (non-hydrogen) atoms. The monoisotopic (exact) mass is 864 g/mol. The molecule has 0 radical (unpaired) electrons. The molecule has 0 unspecified atom stereocenters. The standard InChI is InChI=1S/C33H36N24O6/c1-13-20(42-45-26-18(19(59)12-58)11-52(4)51-26)23(34)55(48-13)31-39-32(56-24(35)21(14(2)49-56)43-46-27-16(29(60)62-7)9-37-53(27)5)41-33(40-31)57-25(36)22(15(3)50-57)44-47-28-17(30(61)63-8)10-38-54(28)6/h9-11,58H,12,34-36H2,1-8H3/b45-42+,46-43+,47-44+. The van der Waals surface area contributed by atoms with E-state index in [0.717, 1.165) is 14.0 Å². The quantitative estimate of drug-likeness (QED) is 0.0733. The minimum absolute atomic E-state index is 0.0320. The summed E-state index contributed by atoms with van der Waals surface area (Å²) in [5, 5.41) is 60.5. The van der Waals surface area contributed by atoms with Crippen LogP contribution in [0.4, 0.5) is 52.0 Å². The molecule has 7 rings (SSSR count). The Hall–Kier alpha value is -8.96. The van der Waals surface area contributed by atoms with Crippen molar-refractivity contribution in [3.8, 4) is 17.8 Å². The van der Waals surface area contributed by atoms with Gasteiger partial charge in [-0.2, -0.15) is 59.6 Å². The van der Waals surface area contributed by atoms with Crippen molar-refractivity contribution in [3.63, 3.8) is 0 Å². The van der Waals surface area contributed by atoms with Gasteiger partial charge in [0.25, 0.3) is 17.8 Å². The van der Waals surface area contributed by atoms with Crippen LogP contribution in [0.25, 0.3) is 17.8 Å². The number of ketones is 1. The number of ether oxygens (including phenoxy) is 2. The Kier molecular flexibility index (Phi) is 11.1. The fourth-order valence-corrected chi connectivity index (χ4v) is 5.80. The zero-order valence-electron chi connectivity index (χ0n) is 34.6. The lowest BCUT2D eigenvalue weighted by molar-refractivity contribution is 0.0592. The SMILES string of the molecule is COC(=O)c1cnn(C)c1/N=N/c1c(C)nn(-c2nc(-n3nc(C)c(/N=N/c4nn(C)cc4C(=O)CO)c3N)nc(-n3nc(C)c(/N=N/c4c(C(=O)OC)cnn4C)c3N)n2)c1N. The Morgan fingerprint density at radius 3 is 1.35 bits per heavy atom. The Balaban J connectivity index is 1.36. The van der Waals surface area contributed by atoms with E-state index in [-0.39, 0.29) is 104 Å². The van der Waals surface area contributed by atoms with Crippen molar-refractivity contribution in [3.05, 3.63) is 52.4 Å². The maximum atomic E-state index is 12.3. The van der Waals surface area contributed by atoms with Crippen molar-refractivity contribution >= 4 is 69.7 Å². The van der Waals surface area contributed by atoms with E-state index in [1.165, 1.54) is 46.9 Å². The molecule has 0 aliphatic rings. The number of nitrogens with zero attached hydrogens (tertiary/aromatic N) is 21. The fourth-order valence-electron chi connectivity index (χ4n) is 5.80. The number of azo groups is 3. The van der Waals surface area contributed by atoms with Crippen LogP contribution in [0.15, 0.2) is 49.3 Å². The van der Waals surface area contributed by atoms with Gasteiger partial charge in [0.15, 0.2) is 51.9 Å². The smallest absolute Gasteiger partial charge is 0.343 e. The maximum Gasteiger partial charge on any atom is 0.343 e. The zero-order chi connectivity index (χ0) is 45.4. The summed E-state index contributed by atoms with van der Waals surface area (Å²) in [7, 11) is 7.13. The summed E-state index contributed by atoms with van der Waals surface area (Å²) in [4.78, 5) is 50.7. The number of rotatable bonds is 13. The number of anilines is 3. The molecule has 0 bridgehead atoms. The first-order valence-electron chi connectivity index (χ1n) is 18.0. The largest absolute Gasteiger partial charge is 0.465 e. The van der Waals surface area contributed by atoms with Crippen LogP contribution in [0.2, 0.25) is 0 Å². The van der Waals surface area contributed by atoms with Crippen LogP contribution in [-0.2, 0) is 30.6 Å². The lowest BCUT2D eigenvalue weighted by atomic mass is 10.2. The molecular weight excluding hydrogens is 829 g/mol. The third-order valence-corrected chi connectivity index (χ3v) is 8.97. The number of aliphatic hydroxyl groups is 1. The summed E-state index contributed by atoms with van der Waals surface area (Å²) in [5.41, 5.74) is 21.0. The summed E-state index contributed by atoms with van der Waals surface area (Å²) in [6.07, 6.45) is 3.96. The Morgan fingerprint density at radius 1 is 0.603 bits per heavy atom. The molecule has 7 heterocycles. The highest BCUT2D eigenvalue weighted by Crippen LogP contribution is 2.35. The number of Topliss-reactive ketones (excluding diaryl/α,β-unsaturated/α-hetero) is 1. The Labute approximate surface area is 352 Å². The molecule has 324 valence electrons. The third kappa shape index (κ3) is 7.69. The van der Waals surface area contributed by atoms with Crippen LogP contribution >= 0.6 is 0 Å². The molecule has 7 aromatic rings. The van der Waals surface area contributed by atoms with Crippen molar-refractivity contribution in [1.82, 2.24) is 73.6 Å². The van der Waals surface area contributed by atoms with Crippen molar-refractivity contribution in [2.45, 2.75) is 20.8 Å². The molecule has 30 nitrogen and oxygen atoms in total. The maximum absolute atomic E-state index is 12.3. The van der Waals surface area contributed by atoms with Gasteiger partial charge >= 0.3 is 11.9 Å². The van der Waals surface area contributed by atoms with Crippen LogP contribution in [0.3, 0.4) is 0 Å². The Morgan fingerprint density at radius 2 is 0.984 bits per heavy atom. The highest BCUT2D eigenvalue weighted by molar-refractivity contribution is 6.00. The van der Waals surface area contributed by atoms with Crippen molar-refractivity contribution in [2.24, 2.45) is 51.8 Å². The van der Waals surface area contributed by atoms with Crippen LogP contribution < -0.4 is 17.2 Å². The summed E-state index contributed by atoms with van der Waals surface area (Å²) in [6.45, 7) is 4.01. The average molecular weight is 865 g/mol. The van der Waals surface area contributed by atoms with Gasteiger partial charge < -0.3 is 31.8 Å². The molecule has 30 heteroatoms. The number of hydrogen-bond donors (Lipinski definition) is 4. The molecule has 0 aliphatic carbocycles. The van der Waals surface area contributed by atoms with E-state index in [1.54, 1.807) is 41.9 Å². The number of methoxy groups -OCH3 is 2. The number of carbonyl (C=O) groups is 3. The summed E-state index contributed by atoms with van der Waals surface area (Å²) in [5.74, 6) is -2.84. The second-order valence-electron chi connectivity index (χ2n) is 13.1. The first-order valence-corrected chi connectivity index (χ1v) is 18.0. The molecule has 0 aliphatic heterocycles. The molecule has 0 aromatic carbocycles. The van der Waals surface area contributed by atoms with Crippen LogP contribution in [0.1, 0.15) is 48.2 Å². The highest BCUT2D eigenvalue weighted by atomic mass is 16.5.